The second-order valence-electron chi connectivity index (χ2n) is 6.48. The molecule has 2 N–H and O–H groups in total. The van der Waals surface area contributed by atoms with Crippen LogP contribution < -0.4 is 5.32 Å². The molecule has 2 aliphatic heterocycles. The average molecular weight is 283 g/mol. The molecule has 0 saturated carbocycles. The first-order chi connectivity index (χ1) is 9.35. The summed E-state index contributed by atoms with van der Waals surface area (Å²) in [5.74, 6) is -0.765. The molecule has 2 fully saturated rings. The summed E-state index contributed by atoms with van der Waals surface area (Å²) in [7, 11) is 2.04. The molecule has 0 bridgehead atoms. The number of carboxylic acid groups (broad SMARTS) is 1. The third kappa shape index (κ3) is 2.75. The Morgan fingerprint density at radius 1 is 1.35 bits per heavy atom. The summed E-state index contributed by atoms with van der Waals surface area (Å²) in [5.41, 5.74) is -0.788. The van der Waals surface area contributed by atoms with E-state index in [0.29, 0.717) is 19.5 Å². The molecule has 20 heavy (non-hydrogen) atoms. The van der Waals surface area contributed by atoms with Crippen LogP contribution in [0.4, 0.5) is 4.79 Å². The maximum absolute atomic E-state index is 12.2. The average Bonchev–Trinajstić information content (AvgIpc) is 2.96. The van der Waals surface area contributed by atoms with Crippen molar-refractivity contribution in [3.8, 4) is 0 Å². The van der Waals surface area contributed by atoms with Gasteiger partial charge in [0.1, 0.15) is 0 Å². The van der Waals surface area contributed by atoms with E-state index in [1.165, 1.54) is 0 Å². The van der Waals surface area contributed by atoms with Gasteiger partial charge in [-0.3, -0.25) is 4.79 Å². The van der Waals surface area contributed by atoms with E-state index in [1.54, 1.807) is 4.90 Å². The zero-order valence-electron chi connectivity index (χ0n) is 12.6. The summed E-state index contributed by atoms with van der Waals surface area (Å²) in [6, 6.07) is 0.0699. The van der Waals surface area contributed by atoms with Crippen LogP contribution in [0, 0.1) is 11.3 Å². The van der Waals surface area contributed by atoms with E-state index >= 15 is 0 Å². The van der Waals surface area contributed by atoms with E-state index in [-0.39, 0.29) is 18.0 Å². The fourth-order valence-corrected chi connectivity index (χ4v) is 3.22. The van der Waals surface area contributed by atoms with E-state index in [2.05, 4.69) is 10.2 Å². The lowest BCUT2D eigenvalue weighted by Gasteiger charge is -2.29. The number of likely N-dealkylation sites (tertiary alicyclic amines) is 2. The number of carbonyl (C=O) groups is 2. The number of urea groups is 1. The lowest BCUT2D eigenvalue weighted by atomic mass is 9.76. The number of carboxylic acids is 1. The first kappa shape index (κ1) is 15.1. The minimum absolute atomic E-state index is 0.0235. The topological polar surface area (TPSA) is 72.9 Å². The fourth-order valence-electron chi connectivity index (χ4n) is 3.22. The molecule has 114 valence electrons. The van der Waals surface area contributed by atoms with Crippen molar-refractivity contribution in [1.29, 1.82) is 0 Å². The normalized spacial score (nSPS) is 31.0. The summed E-state index contributed by atoms with van der Waals surface area (Å²) in [6.07, 6.45) is 1.50. The van der Waals surface area contributed by atoms with Crippen molar-refractivity contribution in [2.75, 3.05) is 33.2 Å². The van der Waals surface area contributed by atoms with Crippen LogP contribution in [0.2, 0.25) is 0 Å². The van der Waals surface area contributed by atoms with Crippen LogP contribution in [-0.2, 0) is 4.79 Å². The maximum atomic E-state index is 12.2. The predicted molar refractivity (Wildman–Crippen MR) is 75.5 cm³/mol. The van der Waals surface area contributed by atoms with Crippen molar-refractivity contribution in [2.24, 2.45) is 11.3 Å². The van der Waals surface area contributed by atoms with Gasteiger partial charge in [-0.05, 0) is 32.4 Å². The molecular weight excluding hydrogens is 258 g/mol. The second-order valence-corrected chi connectivity index (χ2v) is 6.48. The molecule has 2 aliphatic rings. The van der Waals surface area contributed by atoms with Crippen molar-refractivity contribution >= 4 is 12.0 Å². The maximum Gasteiger partial charge on any atom is 0.317 e. The monoisotopic (exact) mass is 283 g/mol. The van der Waals surface area contributed by atoms with Gasteiger partial charge in [-0.2, -0.15) is 0 Å². The summed E-state index contributed by atoms with van der Waals surface area (Å²) in [4.78, 5) is 27.6. The molecule has 2 heterocycles. The van der Waals surface area contributed by atoms with Gasteiger partial charge >= 0.3 is 12.0 Å². The van der Waals surface area contributed by atoms with Crippen molar-refractivity contribution in [3.63, 3.8) is 0 Å². The largest absolute Gasteiger partial charge is 0.481 e. The van der Waals surface area contributed by atoms with Gasteiger partial charge in [-0.1, -0.05) is 13.8 Å². The molecule has 6 heteroatoms. The Labute approximate surface area is 120 Å². The molecule has 2 unspecified atom stereocenters. The van der Waals surface area contributed by atoms with Crippen LogP contribution in [0.5, 0.6) is 0 Å². The molecule has 0 spiro atoms. The van der Waals surface area contributed by atoms with Gasteiger partial charge in [0.2, 0.25) is 0 Å². The van der Waals surface area contributed by atoms with Gasteiger partial charge in [0.05, 0.1) is 5.41 Å². The zero-order valence-corrected chi connectivity index (χ0v) is 12.6. The fraction of sp³-hybridized carbons (Fsp3) is 0.857. The predicted octanol–water partition coefficient (Wildman–Crippen LogP) is 0.833. The molecule has 2 saturated heterocycles. The first-order valence-corrected chi connectivity index (χ1v) is 7.32. The number of nitrogens with zero attached hydrogens (tertiary/aromatic N) is 2. The number of amides is 2. The SMILES string of the molecule is CC(C)C1(C(=O)O)CCN(C(=O)NC2CCN(C)C2)C1. The molecule has 2 atom stereocenters. The summed E-state index contributed by atoms with van der Waals surface area (Å²) in [5, 5.41) is 12.5. The highest BCUT2D eigenvalue weighted by Crippen LogP contribution is 2.38. The van der Waals surface area contributed by atoms with Crippen LogP contribution in [0.15, 0.2) is 0 Å². The second kappa shape index (κ2) is 5.60. The third-order valence-electron chi connectivity index (χ3n) is 4.84. The van der Waals surface area contributed by atoms with E-state index in [0.717, 1.165) is 19.5 Å². The first-order valence-electron chi connectivity index (χ1n) is 7.32. The number of carbonyl (C=O) groups excluding carboxylic acids is 1. The van der Waals surface area contributed by atoms with Crippen LogP contribution >= 0.6 is 0 Å². The molecule has 0 radical (unpaired) electrons. The van der Waals surface area contributed by atoms with E-state index in [1.807, 2.05) is 20.9 Å². The Morgan fingerprint density at radius 2 is 2.05 bits per heavy atom. The Kier molecular flexibility index (Phi) is 4.22. The number of hydrogen-bond acceptors (Lipinski definition) is 3. The van der Waals surface area contributed by atoms with E-state index < -0.39 is 11.4 Å². The molecule has 2 amide bonds. The number of rotatable bonds is 3. The van der Waals surface area contributed by atoms with E-state index in [9.17, 15) is 14.7 Å². The van der Waals surface area contributed by atoms with Gasteiger partial charge in [0.25, 0.3) is 0 Å². The zero-order chi connectivity index (χ0) is 14.9. The molecule has 0 aromatic carbocycles. The number of aliphatic carboxylic acids is 1. The lowest BCUT2D eigenvalue weighted by molar-refractivity contribution is -0.150. The van der Waals surface area contributed by atoms with Crippen molar-refractivity contribution < 1.29 is 14.7 Å². The van der Waals surface area contributed by atoms with Crippen LogP contribution in [0.1, 0.15) is 26.7 Å². The molecule has 6 nitrogen and oxygen atoms in total. The molecule has 0 aliphatic carbocycles. The summed E-state index contributed by atoms with van der Waals surface area (Å²) >= 11 is 0. The molecule has 2 rings (SSSR count). The Bertz CT molecular complexity index is 399. The number of likely N-dealkylation sites (N-methyl/N-ethyl adjacent to an activating group) is 1. The van der Waals surface area contributed by atoms with Crippen LogP contribution in [-0.4, -0.2) is 66.2 Å². The Balaban J connectivity index is 1.94. The highest BCUT2D eigenvalue weighted by molar-refractivity contribution is 5.80. The van der Waals surface area contributed by atoms with E-state index in [4.69, 9.17) is 0 Å². The van der Waals surface area contributed by atoms with Crippen LogP contribution in [0.25, 0.3) is 0 Å². The summed E-state index contributed by atoms with van der Waals surface area (Å²) in [6.45, 7) is 6.54. The highest BCUT2D eigenvalue weighted by Gasteiger charge is 2.48. The summed E-state index contributed by atoms with van der Waals surface area (Å²) < 4.78 is 0. The van der Waals surface area contributed by atoms with Crippen molar-refractivity contribution in [3.05, 3.63) is 0 Å². The number of hydrogen-bond donors (Lipinski definition) is 2. The van der Waals surface area contributed by atoms with Gasteiger partial charge in [-0.15, -0.1) is 0 Å². The number of nitrogens with one attached hydrogen (secondary N) is 1. The van der Waals surface area contributed by atoms with Crippen molar-refractivity contribution in [2.45, 2.75) is 32.7 Å². The molecule has 0 aromatic heterocycles. The standard InChI is InChI=1S/C14H25N3O3/c1-10(2)14(12(18)19)5-7-17(9-14)13(20)15-11-4-6-16(3)8-11/h10-11H,4-9H2,1-3H3,(H,15,20)(H,18,19). The van der Waals surface area contributed by atoms with Crippen LogP contribution in [0.3, 0.4) is 0 Å². The minimum atomic E-state index is -0.789. The minimum Gasteiger partial charge on any atom is -0.481 e. The van der Waals surface area contributed by atoms with Crippen molar-refractivity contribution in [1.82, 2.24) is 15.1 Å². The highest BCUT2D eigenvalue weighted by atomic mass is 16.4. The lowest BCUT2D eigenvalue weighted by Crippen LogP contribution is -2.47. The van der Waals surface area contributed by atoms with Gasteiger partial charge < -0.3 is 20.2 Å². The Hall–Kier alpha value is -1.30. The van der Waals surface area contributed by atoms with Gasteiger partial charge in [-0.25, -0.2) is 4.79 Å². The Morgan fingerprint density at radius 3 is 2.50 bits per heavy atom. The third-order valence-corrected chi connectivity index (χ3v) is 4.84. The van der Waals surface area contributed by atoms with Gasteiger partial charge in [0.15, 0.2) is 0 Å². The van der Waals surface area contributed by atoms with Gasteiger partial charge in [0, 0.05) is 25.7 Å². The molecular formula is C14H25N3O3. The smallest absolute Gasteiger partial charge is 0.317 e. The quantitative estimate of drug-likeness (QED) is 0.805. The molecule has 0 aromatic rings.